The fraction of sp³-hybridized carbons (Fsp3) is 0.857. The summed E-state index contributed by atoms with van der Waals surface area (Å²) in [6, 6.07) is 0. The molecule has 0 bridgehead atoms. The highest BCUT2D eigenvalue weighted by molar-refractivity contribution is 7.92. The standard InChI is InChI=1S/C7H11NO3S/c9-5-8-6-12(10,11)7-3-1-2-4-7/h7H,1-4,6H2. The quantitative estimate of drug-likeness (QED) is 0.483. The van der Waals surface area contributed by atoms with E-state index in [-0.39, 0.29) is 11.1 Å². The maximum atomic E-state index is 11.3. The van der Waals surface area contributed by atoms with Crippen LogP contribution in [-0.2, 0) is 14.6 Å². The van der Waals surface area contributed by atoms with Gasteiger partial charge >= 0.3 is 0 Å². The highest BCUT2D eigenvalue weighted by Crippen LogP contribution is 2.24. The molecular weight excluding hydrogens is 178 g/mol. The maximum absolute atomic E-state index is 11.3. The smallest absolute Gasteiger partial charge is 0.227 e. The normalized spacial score (nSPS) is 19.0. The van der Waals surface area contributed by atoms with Gasteiger partial charge in [0, 0.05) is 0 Å². The highest BCUT2D eigenvalue weighted by atomic mass is 32.2. The number of sulfone groups is 1. The van der Waals surface area contributed by atoms with Gasteiger partial charge in [0.15, 0.2) is 15.7 Å². The molecule has 0 spiro atoms. The molecule has 0 radical (unpaired) electrons. The minimum Gasteiger partial charge on any atom is -0.227 e. The molecule has 0 heterocycles. The third-order valence-electron chi connectivity index (χ3n) is 2.12. The van der Waals surface area contributed by atoms with Gasteiger partial charge in [-0.1, -0.05) is 12.8 Å². The minimum absolute atomic E-state index is 0.269. The van der Waals surface area contributed by atoms with Crippen LogP contribution in [0.25, 0.3) is 0 Å². The van der Waals surface area contributed by atoms with Crippen molar-refractivity contribution in [1.29, 1.82) is 0 Å². The molecule has 1 saturated carbocycles. The first-order chi connectivity index (χ1) is 5.67. The zero-order valence-corrected chi connectivity index (χ0v) is 7.51. The molecule has 0 unspecified atom stereocenters. The van der Waals surface area contributed by atoms with Crippen LogP contribution in [0.3, 0.4) is 0 Å². The average Bonchev–Trinajstić information content (AvgIpc) is 2.53. The molecule has 0 saturated heterocycles. The predicted octanol–water partition coefficient (Wildman–Crippen LogP) is 0.637. The van der Waals surface area contributed by atoms with E-state index in [1.165, 1.54) is 6.08 Å². The van der Waals surface area contributed by atoms with Crippen molar-refractivity contribution in [3.05, 3.63) is 0 Å². The Kier molecular flexibility index (Phi) is 3.00. The number of carbonyl (C=O) groups excluding carboxylic acids is 1. The molecule has 1 aliphatic rings. The van der Waals surface area contributed by atoms with E-state index in [1.807, 2.05) is 0 Å². The molecule has 0 aliphatic heterocycles. The lowest BCUT2D eigenvalue weighted by Crippen LogP contribution is -2.19. The van der Waals surface area contributed by atoms with Crippen LogP contribution in [0.5, 0.6) is 0 Å². The average molecular weight is 189 g/mol. The lowest BCUT2D eigenvalue weighted by atomic mass is 10.4. The number of isocyanates is 1. The molecule has 0 amide bonds. The van der Waals surface area contributed by atoms with Crippen LogP contribution in [0.15, 0.2) is 4.99 Å². The molecule has 1 fully saturated rings. The molecule has 5 heteroatoms. The second kappa shape index (κ2) is 3.83. The monoisotopic (exact) mass is 189 g/mol. The predicted molar refractivity (Wildman–Crippen MR) is 44.2 cm³/mol. The van der Waals surface area contributed by atoms with Crippen molar-refractivity contribution < 1.29 is 13.2 Å². The largest absolute Gasteiger partial charge is 0.235 e. The van der Waals surface area contributed by atoms with Crippen molar-refractivity contribution in [2.24, 2.45) is 4.99 Å². The molecular formula is C7H11NO3S. The van der Waals surface area contributed by atoms with Gasteiger partial charge in [0.2, 0.25) is 6.08 Å². The fourth-order valence-corrected chi connectivity index (χ4v) is 2.96. The molecule has 0 aromatic heterocycles. The summed E-state index contributed by atoms with van der Waals surface area (Å²) in [5, 5.41) is -0.269. The molecule has 68 valence electrons. The second-order valence-electron chi connectivity index (χ2n) is 2.95. The number of rotatable bonds is 3. The van der Waals surface area contributed by atoms with E-state index in [0.29, 0.717) is 0 Å². The van der Waals surface area contributed by atoms with Crippen LogP contribution >= 0.6 is 0 Å². The molecule has 0 aromatic carbocycles. The van der Waals surface area contributed by atoms with E-state index in [0.717, 1.165) is 25.7 Å². The SMILES string of the molecule is O=C=NCS(=O)(=O)C1CCCC1. The number of aliphatic imine (C=N–C) groups is 1. The molecule has 12 heavy (non-hydrogen) atoms. The Bertz CT molecular complexity index is 284. The lowest BCUT2D eigenvalue weighted by molar-refractivity contribution is 0.561. The molecule has 4 nitrogen and oxygen atoms in total. The van der Waals surface area contributed by atoms with Crippen molar-refractivity contribution in [2.45, 2.75) is 30.9 Å². The van der Waals surface area contributed by atoms with E-state index < -0.39 is 9.84 Å². The van der Waals surface area contributed by atoms with Gasteiger partial charge in [-0.3, -0.25) is 0 Å². The van der Waals surface area contributed by atoms with Crippen LogP contribution < -0.4 is 0 Å². The number of hydrogen-bond acceptors (Lipinski definition) is 4. The van der Waals surface area contributed by atoms with Gasteiger partial charge in [-0.2, -0.15) is 4.99 Å². The van der Waals surface area contributed by atoms with E-state index in [2.05, 4.69) is 4.99 Å². The topological polar surface area (TPSA) is 63.6 Å². The summed E-state index contributed by atoms with van der Waals surface area (Å²) in [5.74, 6) is -0.388. The highest BCUT2D eigenvalue weighted by Gasteiger charge is 2.27. The third-order valence-corrected chi connectivity index (χ3v) is 4.10. The first-order valence-electron chi connectivity index (χ1n) is 3.92. The Labute approximate surface area is 71.6 Å². The van der Waals surface area contributed by atoms with Crippen molar-refractivity contribution in [3.63, 3.8) is 0 Å². The Morgan fingerprint density at radius 2 is 1.92 bits per heavy atom. The van der Waals surface area contributed by atoms with Gasteiger partial charge in [-0.05, 0) is 12.8 Å². The van der Waals surface area contributed by atoms with Crippen LogP contribution in [-0.4, -0.2) is 25.6 Å². The van der Waals surface area contributed by atoms with Crippen LogP contribution in [0, 0.1) is 0 Å². The van der Waals surface area contributed by atoms with Gasteiger partial charge in [0.1, 0.15) is 0 Å². The lowest BCUT2D eigenvalue weighted by Gasteiger charge is -2.06. The third kappa shape index (κ3) is 2.16. The Morgan fingerprint density at radius 3 is 2.42 bits per heavy atom. The van der Waals surface area contributed by atoms with Gasteiger partial charge in [0.25, 0.3) is 0 Å². The summed E-state index contributed by atoms with van der Waals surface area (Å²) in [6.07, 6.45) is 4.61. The maximum Gasteiger partial charge on any atom is 0.235 e. The van der Waals surface area contributed by atoms with Crippen molar-refractivity contribution in [2.75, 3.05) is 5.88 Å². The second-order valence-corrected chi connectivity index (χ2v) is 5.20. The minimum atomic E-state index is -3.15. The first-order valence-corrected chi connectivity index (χ1v) is 5.63. The van der Waals surface area contributed by atoms with Crippen LogP contribution in [0.1, 0.15) is 25.7 Å². The van der Waals surface area contributed by atoms with Gasteiger partial charge in [0.05, 0.1) is 5.25 Å². The summed E-state index contributed by atoms with van der Waals surface area (Å²) in [5.41, 5.74) is 0. The van der Waals surface area contributed by atoms with Gasteiger partial charge < -0.3 is 0 Å². The number of nitrogens with zero attached hydrogens (tertiary/aromatic N) is 1. The Balaban J connectivity index is 2.63. The summed E-state index contributed by atoms with van der Waals surface area (Å²) in [7, 11) is -3.15. The van der Waals surface area contributed by atoms with Crippen molar-refractivity contribution in [1.82, 2.24) is 0 Å². The zero-order chi connectivity index (χ0) is 9.03. The molecule has 0 atom stereocenters. The summed E-state index contributed by atoms with van der Waals surface area (Å²) >= 11 is 0. The first kappa shape index (κ1) is 9.42. The van der Waals surface area contributed by atoms with Gasteiger partial charge in [-0.15, -0.1) is 0 Å². The van der Waals surface area contributed by atoms with E-state index in [4.69, 9.17) is 0 Å². The van der Waals surface area contributed by atoms with Crippen LogP contribution in [0.2, 0.25) is 0 Å². The molecule has 0 N–H and O–H groups in total. The zero-order valence-electron chi connectivity index (χ0n) is 6.69. The fourth-order valence-electron chi connectivity index (χ4n) is 1.47. The molecule has 0 aromatic rings. The van der Waals surface area contributed by atoms with Crippen LogP contribution in [0.4, 0.5) is 0 Å². The van der Waals surface area contributed by atoms with E-state index >= 15 is 0 Å². The summed E-state index contributed by atoms with van der Waals surface area (Å²) in [4.78, 5) is 12.8. The Hall–Kier alpha value is -0.670. The number of hydrogen-bond donors (Lipinski definition) is 0. The summed E-state index contributed by atoms with van der Waals surface area (Å²) < 4.78 is 22.6. The molecule has 1 rings (SSSR count). The van der Waals surface area contributed by atoms with Crippen molar-refractivity contribution >= 4 is 15.9 Å². The van der Waals surface area contributed by atoms with E-state index in [9.17, 15) is 13.2 Å². The Morgan fingerprint density at radius 1 is 1.33 bits per heavy atom. The van der Waals surface area contributed by atoms with E-state index in [1.54, 1.807) is 0 Å². The van der Waals surface area contributed by atoms with Crippen molar-refractivity contribution in [3.8, 4) is 0 Å². The molecule has 1 aliphatic carbocycles. The van der Waals surface area contributed by atoms with Gasteiger partial charge in [-0.25, -0.2) is 13.2 Å². The summed E-state index contributed by atoms with van der Waals surface area (Å²) in [6.45, 7) is 0.